The number of morpholine rings is 1. The molecule has 2 aliphatic rings. The van der Waals surface area contributed by atoms with E-state index in [1.165, 1.54) is 0 Å². The summed E-state index contributed by atoms with van der Waals surface area (Å²) >= 11 is 0. The number of carbonyl (C=O) groups is 1. The van der Waals surface area contributed by atoms with E-state index >= 15 is 0 Å². The lowest BCUT2D eigenvalue weighted by Crippen LogP contribution is -2.62. The quantitative estimate of drug-likeness (QED) is 0.743. The predicted molar refractivity (Wildman–Crippen MR) is 73.6 cm³/mol. The molecule has 0 aliphatic carbocycles. The minimum atomic E-state index is -4.29. The fraction of sp³-hybridized carbons (Fsp3) is 0.929. The number of hydrogen-bond acceptors (Lipinski definition) is 4. The van der Waals surface area contributed by atoms with Crippen LogP contribution in [0.3, 0.4) is 0 Å². The van der Waals surface area contributed by atoms with Crippen molar-refractivity contribution < 1.29 is 27.4 Å². The molecule has 1 N–H and O–H groups in total. The molecule has 0 aromatic heterocycles. The van der Waals surface area contributed by atoms with Crippen molar-refractivity contribution in [3.05, 3.63) is 0 Å². The lowest BCUT2D eigenvalue weighted by molar-refractivity contribution is -0.206. The van der Waals surface area contributed by atoms with Gasteiger partial charge in [-0.1, -0.05) is 0 Å². The average Bonchev–Trinajstić information content (AvgIpc) is 2.37. The third-order valence-corrected chi connectivity index (χ3v) is 3.95. The topological polar surface area (TPSA) is 50.8 Å². The van der Waals surface area contributed by atoms with Crippen LogP contribution in [0.15, 0.2) is 0 Å². The number of hydrogen-bond donors (Lipinski definition) is 1. The molecular weight excluding hydrogens is 301 g/mol. The molecule has 0 saturated carbocycles. The number of alkyl halides is 3. The second-order valence-corrected chi connectivity index (χ2v) is 6.94. The van der Waals surface area contributed by atoms with Gasteiger partial charge in [-0.2, -0.15) is 13.2 Å². The van der Waals surface area contributed by atoms with Crippen molar-refractivity contribution in [1.29, 1.82) is 0 Å². The number of nitrogens with one attached hydrogen (secondary N) is 1. The molecule has 8 heteroatoms. The second-order valence-electron chi connectivity index (χ2n) is 6.94. The van der Waals surface area contributed by atoms with Gasteiger partial charge < -0.3 is 19.7 Å². The summed E-state index contributed by atoms with van der Waals surface area (Å²) in [6.45, 7) is 6.00. The maximum absolute atomic E-state index is 12.6. The smallest absolute Gasteiger partial charge is 0.410 e. The molecule has 2 rings (SSSR count). The van der Waals surface area contributed by atoms with E-state index < -0.39 is 23.4 Å². The maximum atomic E-state index is 12.6. The summed E-state index contributed by atoms with van der Waals surface area (Å²) in [5.41, 5.74) is -1.17. The lowest BCUT2D eigenvalue weighted by Gasteiger charge is -2.46. The summed E-state index contributed by atoms with van der Waals surface area (Å²) in [6.07, 6.45) is -3.67. The molecule has 22 heavy (non-hydrogen) atoms. The Labute approximate surface area is 128 Å². The fourth-order valence-electron chi connectivity index (χ4n) is 2.63. The molecule has 0 radical (unpaired) electrons. The Balaban J connectivity index is 1.84. The molecule has 0 bridgehead atoms. The molecule has 1 atom stereocenters. The summed E-state index contributed by atoms with van der Waals surface area (Å²) in [7, 11) is 0. The molecule has 0 aromatic rings. The van der Waals surface area contributed by atoms with Gasteiger partial charge in [0.05, 0.1) is 12.2 Å². The van der Waals surface area contributed by atoms with E-state index in [1.54, 1.807) is 25.7 Å². The van der Waals surface area contributed by atoms with Gasteiger partial charge >= 0.3 is 12.3 Å². The summed E-state index contributed by atoms with van der Waals surface area (Å²) in [5, 5.41) is 2.52. The SMILES string of the molecule is CC(C)(C)OC(=O)N1CCC2(CC1)CNC(C(F)(F)F)CO2. The number of amides is 1. The van der Waals surface area contributed by atoms with Crippen LogP contribution in [0.1, 0.15) is 33.6 Å². The van der Waals surface area contributed by atoms with E-state index in [0.29, 0.717) is 25.9 Å². The molecule has 1 spiro atoms. The van der Waals surface area contributed by atoms with Crippen molar-refractivity contribution in [3.63, 3.8) is 0 Å². The zero-order valence-corrected chi connectivity index (χ0v) is 13.1. The Morgan fingerprint density at radius 2 is 1.86 bits per heavy atom. The zero-order chi connectivity index (χ0) is 16.6. The molecule has 2 fully saturated rings. The van der Waals surface area contributed by atoms with Crippen molar-refractivity contribution in [2.75, 3.05) is 26.2 Å². The van der Waals surface area contributed by atoms with E-state index in [2.05, 4.69) is 5.32 Å². The van der Waals surface area contributed by atoms with Crippen LogP contribution in [0.2, 0.25) is 0 Å². The van der Waals surface area contributed by atoms with Gasteiger partial charge in [-0.05, 0) is 33.6 Å². The Hall–Kier alpha value is -1.02. The molecule has 2 heterocycles. The summed E-state index contributed by atoms with van der Waals surface area (Å²) in [6, 6.07) is -1.61. The van der Waals surface area contributed by atoms with E-state index in [1.807, 2.05) is 0 Å². The Morgan fingerprint density at radius 3 is 2.27 bits per heavy atom. The van der Waals surface area contributed by atoms with Crippen molar-refractivity contribution in [2.24, 2.45) is 0 Å². The van der Waals surface area contributed by atoms with Gasteiger partial charge in [0, 0.05) is 19.6 Å². The number of rotatable bonds is 0. The fourth-order valence-corrected chi connectivity index (χ4v) is 2.63. The Kier molecular flexibility index (Phi) is 4.64. The van der Waals surface area contributed by atoms with Crippen LogP contribution in [0.4, 0.5) is 18.0 Å². The largest absolute Gasteiger partial charge is 0.444 e. The highest BCUT2D eigenvalue weighted by Gasteiger charge is 2.48. The first-order chi connectivity index (χ1) is 10.0. The lowest BCUT2D eigenvalue weighted by atomic mass is 9.89. The van der Waals surface area contributed by atoms with E-state index in [9.17, 15) is 18.0 Å². The van der Waals surface area contributed by atoms with Crippen LogP contribution in [-0.2, 0) is 9.47 Å². The molecule has 128 valence electrons. The summed E-state index contributed by atoms with van der Waals surface area (Å²) in [4.78, 5) is 13.5. The first kappa shape index (κ1) is 17.3. The zero-order valence-electron chi connectivity index (χ0n) is 13.1. The van der Waals surface area contributed by atoms with E-state index in [4.69, 9.17) is 9.47 Å². The molecule has 2 aliphatic heterocycles. The van der Waals surface area contributed by atoms with Crippen LogP contribution in [0.25, 0.3) is 0 Å². The maximum Gasteiger partial charge on any atom is 0.410 e. The standard InChI is InChI=1S/C14H23F3N2O3/c1-12(2,3)22-11(20)19-6-4-13(5-7-19)9-18-10(8-21-13)14(15,16)17/h10,18H,4-9H2,1-3H3. The molecule has 5 nitrogen and oxygen atoms in total. The van der Waals surface area contributed by atoms with Crippen LogP contribution >= 0.6 is 0 Å². The van der Waals surface area contributed by atoms with Gasteiger partial charge in [-0.25, -0.2) is 4.79 Å². The average molecular weight is 324 g/mol. The Morgan fingerprint density at radius 1 is 1.27 bits per heavy atom. The second kappa shape index (κ2) is 5.88. The number of nitrogens with zero attached hydrogens (tertiary/aromatic N) is 1. The minimum Gasteiger partial charge on any atom is -0.444 e. The van der Waals surface area contributed by atoms with Gasteiger partial charge in [0.25, 0.3) is 0 Å². The monoisotopic (exact) mass is 324 g/mol. The highest BCUT2D eigenvalue weighted by Crippen LogP contribution is 2.32. The molecular formula is C14H23F3N2O3. The van der Waals surface area contributed by atoms with Crippen LogP contribution in [-0.4, -0.2) is 60.7 Å². The van der Waals surface area contributed by atoms with Crippen LogP contribution in [0.5, 0.6) is 0 Å². The van der Waals surface area contributed by atoms with Gasteiger partial charge in [-0.15, -0.1) is 0 Å². The van der Waals surface area contributed by atoms with Gasteiger partial charge in [0.2, 0.25) is 0 Å². The van der Waals surface area contributed by atoms with Gasteiger partial charge in [-0.3, -0.25) is 0 Å². The van der Waals surface area contributed by atoms with Crippen LogP contribution in [0, 0.1) is 0 Å². The minimum absolute atomic E-state index is 0.152. The number of halogens is 3. The summed E-state index contributed by atoms with van der Waals surface area (Å²) < 4.78 is 48.6. The number of ether oxygens (including phenoxy) is 2. The number of piperidine rings is 1. The highest BCUT2D eigenvalue weighted by atomic mass is 19.4. The molecule has 0 aromatic carbocycles. The first-order valence-corrected chi connectivity index (χ1v) is 7.43. The van der Waals surface area contributed by atoms with E-state index in [0.717, 1.165) is 0 Å². The van der Waals surface area contributed by atoms with Crippen LogP contribution < -0.4 is 5.32 Å². The number of carbonyl (C=O) groups excluding carboxylic acids is 1. The van der Waals surface area contributed by atoms with Gasteiger partial charge in [0.15, 0.2) is 0 Å². The predicted octanol–water partition coefficient (Wildman–Crippen LogP) is 2.31. The van der Waals surface area contributed by atoms with Gasteiger partial charge in [0.1, 0.15) is 11.6 Å². The third kappa shape index (κ3) is 4.25. The molecule has 1 amide bonds. The normalized spacial score (nSPS) is 26.1. The number of likely N-dealkylation sites (tertiary alicyclic amines) is 1. The van der Waals surface area contributed by atoms with Crippen molar-refractivity contribution in [3.8, 4) is 0 Å². The third-order valence-electron chi connectivity index (χ3n) is 3.95. The Bertz CT molecular complexity index is 403. The van der Waals surface area contributed by atoms with Crippen molar-refractivity contribution in [1.82, 2.24) is 10.2 Å². The highest BCUT2D eigenvalue weighted by molar-refractivity contribution is 5.68. The van der Waals surface area contributed by atoms with Crippen molar-refractivity contribution in [2.45, 2.75) is 57.0 Å². The van der Waals surface area contributed by atoms with E-state index in [-0.39, 0.29) is 19.2 Å². The first-order valence-electron chi connectivity index (χ1n) is 7.43. The molecule has 2 saturated heterocycles. The van der Waals surface area contributed by atoms with Crippen molar-refractivity contribution >= 4 is 6.09 Å². The molecule has 1 unspecified atom stereocenters. The summed E-state index contributed by atoms with van der Waals surface area (Å²) in [5.74, 6) is 0.